The number of aliphatic imine (C=N–C) groups is 1. The van der Waals surface area contributed by atoms with Gasteiger partial charge in [-0.25, -0.2) is 9.79 Å². The number of amidine groups is 1. The van der Waals surface area contributed by atoms with Crippen LogP contribution in [0.25, 0.3) is 0 Å². The van der Waals surface area contributed by atoms with Gasteiger partial charge in [0.1, 0.15) is 12.1 Å². The van der Waals surface area contributed by atoms with Crippen molar-refractivity contribution < 1.29 is 14.6 Å². The monoisotopic (exact) mass is 290 g/mol. The molecule has 0 fully saturated rings. The summed E-state index contributed by atoms with van der Waals surface area (Å²) in [4.78, 5) is 16.6. The lowest BCUT2D eigenvalue weighted by atomic mass is 9.90. The number of aryl methyl sites for hydroxylation is 1. The summed E-state index contributed by atoms with van der Waals surface area (Å²) in [6, 6.07) is 5.35. The first kappa shape index (κ1) is 15.7. The number of nitrogens with zero attached hydrogens (tertiary/aromatic N) is 1. The molecule has 2 atom stereocenters. The van der Waals surface area contributed by atoms with Crippen LogP contribution < -0.4 is 5.06 Å². The van der Waals surface area contributed by atoms with Crippen LogP contribution in [0.3, 0.4) is 0 Å². The minimum Gasteiger partial charge on any atom is -0.628 e. The summed E-state index contributed by atoms with van der Waals surface area (Å²) >= 11 is 0. The molecule has 1 heterocycles. The Hall–Kier alpha value is -1.72. The molecule has 0 spiro atoms. The summed E-state index contributed by atoms with van der Waals surface area (Å²) in [7, 11) is 1.34. The first-order valence-corrected chi connectivity index (χ1v) is 7.11. The molecule has 0 saturated heterocycles. The van der Waals surface area contributed by atoms with Gasteiger partial charge in [-0.3, -0.25) is 0 Å². The highest BCUT2D eigenvalue weighted by Crippen LogP contribution is 2.25. The maximum Gasteiger partial charge on any atom is 0.338 e. The minimum absolute atomic E-state index is 0.0121. The second kappa shape index (κ2) is 5.58. The van der Waals surface area contributed by atoms with E-state index in [1.807, 2.05) is 26.0 Å². The van der Waals surface area contributed by atoms with E-state index < -0.39 is 11.5 Å². The van der Waals surface area contributed by atoms with Gasteiger partial charge in [-0.2, -0.15) is 0 Å². The summed E-state index contributed by atoms with van der Waals surface area (Å²) in [6.45, 7) is 8.39. The van der Waals surface area contributed by atoms with Crippen molar-refractivity contribution in [2.45, 2.75) is 33.2 Å². The normalized spacial score (nSPS) is 25.1. The molecular weight excluding hydrogens is 268 g/mol. The molecule has 0 aromatic heterocycles. The van der Waals surface area contributed by atoms with Crippen LogP contribution in [0.5, 0.6) is 0 Å². The lowest BCUT2D eigenvalue weighted by molar-refractivity contribution is -0.744. The van der Waals surface area contributed by atoms with Gasteiger partial charge in [0, 0.05) is 0 Å². The zero-order valence-corrected chi connectivity index (χ0v) is 13.2. The van der Waals surface area contributed by atoms with Gasteiger partial charge in [0.25, 0.3) is 0 Å². The first-order valence-electron chi connectivity index (χ1n) is 7.11. The molecule has 0 amide bonds. The number of methoxy groups -OCH3 is 1. The van der Waals surface area contributed by atoms with Crippen molar-refractivity contribution in [3.8, 4) is 0 Å². The highest BCUT2D eigenvalue weighted by molar-refractivity contribution is 6.05. The predicted octanol–water partition coefficient (Wildman–Crippen LogP) is 1.34. The van der Waals surface area contributed by atoms with Gasteiger partial charge in [0.05, 0.1) is 18.2 Å². The Bertz CT molecular complexity index is 595. The van der Waals surface area contributed by atoms with Crippen molar-refractivity contribution >= 4 is 11.8 Å². The quantitative estimate of drug-likeness (QED) is 0.675. The number of esters is 1. The topological polar surface area (TPSA) is 66.2 Å². The average Bonchev–Trinajstić information content (AvgIpc) is 2.74. The second-order valence-corrected chi connectivity index (χ2v) is 6.11. The van der Waals surface area contributed by atoms with E-state index in [4.69, 9.17) is 4.74 Å². The molecule has 2 rings (SSSR count). The van der Waals surface area contributed by atoms with Gasteiger partial charge in [-0.05, 0) is 31.9 Å². The Morgan fingerprint density at radius 3 is 2.67 bits per heavy atom. The average molecular weight is 290 g/mol. The molecule has 5 heteroatoms. The van der Waals surface area contributed by atoms with Crippen molar-refractivity contribution in [3.63, 3.8) is 0 Å². The van der Waals surface area contributed by atoms with Crippen LogP contribution in [0.1, 0.15) is 42.3 Å². The van der Waals surface area contributed by atoms with Crippen LogP contribution in [0, 0.1) is 18.0 Å². The summed E-state index contributed by atoms with van der Waals surface area (Å²) in [6.07, 6.45) is 0. The number of quaternary nitrogens is 1. The summed E-state index contributed by atoms with van der Waals surface area (Å²) in [5.41, 5.74) is 1.55. The van der Waals surface area contributed by atoms with Crippen LogP contribution in [0.15, 0.2) is 23.2 Å². The van der Waals surface area contributed by atoms with E-state index in [9.17, 15) is 10.0 Å². The van der Waals surface area contributed by atoms with Gasteiger partial charge >= 0.3 is 5.97 Å². The Labute approximate surface area is 125 Å². The third-order valence-electron chi connectivity index (χ3n) is 4.23. The van der Waals surface area contributed by atoms with E-state index in [1.165, 1.54) is 7.11 Å². The van der Waals surface area contributed by atoms with E-state index in [-0.39, 0.29) is 11.0 Å². The number of rotatable bonds is 3. The van der Waals surface area contributed by atoms with Crippen molar-refractivity contribution in [1.29, 1.82) is 0 Å². The Balaban J connectivity index is 2.56. The maximum absolute atomic E-state index is 12.4. The Kier molecular flexibility index (Phi) is 4.16. The van der Waals surface area contributed by atoms with Gasteiger partial charge in [-0.15, -0.1) is 0 Å². The van der Waals surface area contributed by atoms with Gasteiger partial charge in [0.2, 0.25) is 5.84 Å². The third-order valence-corrected chi connectivity index (χ3v) is 4.23. The van der Waals surface area contributed by atoms with Crippen LogP contribution in [0.4, 0.5) is 0 Å². The highest BCUT2D eigenvalue weighted by atomic mass is 16.5. The fraction of sp³-hybridized carbons (Fsp3) is 0.500. The van der Waals surface area contributed by atoms with Crippen molar-refractivity contribution in [1.82, 2.24) is 0 Å². The van der Waals surface area contributed by atoms with Crippen LogP contribution in [-0.2, 0) is 4.74 Å². The zero-order chi connectivity index (χ0) is 15.8. The molecule has 0 radical (unpaired) electrons. The fourth-order valence-corrected chi connectivity index (χ4v) is 2.45. The number of ether oxygens (including phenoxy) is 1. The number of nitrogens with one attached hydrogen (secondary N) is 1. The van der Waals surface area contributed by atoms with E-state index in [0.29, 0.717) is 23.5 Å². The molecule has 0 aliphatic carbocycles. The zero-order valence-electron chi connectivity index (χ0n) is 13.2. The molecule has 1 aliphatic heterocycles. The molecule has 0 saturated carbocycles. The maximum atomic E-state index is 12.4. The second-order valence-electron chi connectivity index (χ2n) is 6.11. The SMILES string of the molecule is COC(=O)c1ccc(C)cc1C1=NC(C)(C(C)C)C[NH+]1[O-]. The first-order chi connectivity index (χ1) is 9.78. The summed E-state index contributed by atoms with van der Waals surface area (Å²) in [5.74, 6) is 0.208. The molecule has 21 heavy (non-hydrogen) atoms. The van der Waals surface area contributed by atoms with Gasteiger partial charge in [-0.1, -0.05) is 25.5 Å². The Morgan fingerprint density at radius 2 is 2.14 bits per heavy atom. The van der Waals surface area contributed by atoms with Crippen LogP contribution in [0.2, 0.25) is 0 Å². The molecule has 2 unspecified atom stereocenters. The molecule has 1 N–H and O–H groups in total. The van der Waals surface area contributed by atoms with Crippen molar-refractivity contribution in [2.24, 2.45) is 10.9 Å². The number of hydrogen-bond acceptors (Lipinski definition) is 4. The lowest BCUT2D eigenvalue weighted by Gasteiger charge is -2.25. The molecular formula is C16H22N2O3. The molecule has 114 valence electrons. The minimum atomic E-state index is -0.446. The third kappa shape index (κ3) is 2.84. The Morgan fingerprint density at radius 1 is 1.48 bits per heavy atom. The number of carbonyl (C=O) groups is 1. The summed E-state index contributed by atoms with van der Waals surface area (Å²) < 4.78 is 4.81. The standard InChI is InChI=1S/C16H22N2O3/c1-10(2)16(4)9-18(20)14(17-16)13-8-11(3)6-7-12(13)15(19)21-5/h6-8,10,18H,9H2,1-5H3. The largest absolute Gasteiger partial charge is 0.628 e. The number of benzene rings is 1. The molecule has 5 nitrogen and oxygen atoms in total. The van der Waals surface area contributed by atoms with E-state index in [2.05, 4.69) is 18.8 Å². The fourth-order valence-electron chi connectivity index (χ4n) is 2.45. The van der Waals surface area contributed by atoms with Crippen molar-refractivity contribution in [2.75, 3.05) is 13.7 Å². The number of hydrogen-bond donors (Lipinski definition) is 1. The van der Waals surface area contributed by atoms with E-state index in [0.717, 1.165) is 5.56 Å². The lowest BCUT2D eigenvalue weighted by Crippen LogP contribution is -3.09. The molecule has 1 aliphatic rings. The van der Waals surface area contributed by atoms with Gasteiger partial charge < -0.3 is 15.0 Å². The highest BCUT2D eigenvalue weighted by Gasteiger charge is 2.40. The van der Waals surface area contributed by atoms with Crippen LogP contribution >= 0.6 is 0 Å². The van der Waals surface area contributed by atoms with Gasteiger partial charge in [0.15, 0.2) is 0 Å². The molecule has 0 bridgehead atoms. The van der Waals surface area contributed by atoms with E-state index in [1.54, 1.807) is 6.07 Å². The van der Waals surface area contributed by atoms with E-state index >= 15 is 0 Å². The van der Waals surface area contributed by atoms with Crippen LogP contribution in [-0.4, -0.2) is 31.0 Å². The summed E-state index contributed by atoms with van der Waals surface area (Å²) in [5, 5.41) is 12.4. The predicted molar refractivity (Wildman–Crippen MR) is 81.5 cm³/mol. The van der Waals surface area contributed by atoms with Crippen molar-refractivity contribution in [3.05, 3.63) is 40.1 Å². The molecule has 1 aromatic carbocycles. The number of hydroxylamine groups is 2. The molecule has 1 aromatic rings. The smallest absolute Gasteiger partial charge is 0.338 e. The number of carbonyl (C=O) groups excluding carboxylic acids is 1.